The molecular weight excluding hydrogens is 266 g/mol. The van der Waals surface area contributed by atoms with Crippen LogP contribution in [0.1, 0.15) is 12.5 Å². The number of hydrogen-bond acceptors (Lipinski definition) is 6. The summed E-state index contributed by atoms with van der Waals surface area (Å²) in [5.74, 6) is 0.619. The first kappa shape index (κ1) is 13.4. The van der Waals surface area contributed by atoms with Crippen LogP contribution in [0, 0.1) is 0 Å². The molecule has 0 spiro atoms. The summed E-state index contributed by atoms with van der Waals surface area (Å²) in [6, 6.07) is 4.80. The first-order valence-corrected chi connectivity index (χ1v) is 6.43. The number of thioether (sulfide) groups is 1. The molecule has 19 heavy (non-hydrogen) atoms. The molecule has 1 fully saturated rings. The van der Waals surface area contributed by atoms with E-state index in [0.29, 0.717) is 16.5 Å². The highest BCUT2D eigenvalue weighted by Gasteiger charge is 2.25. The molecular formula is C12H13N3O3S. The van der Waals surface area contributed by atoms with Gasteiger partial charge in [0.15, 0.2) is 5.17 Å². The Bertz CT molecular complexity index is 557. The molecule has 7 heteroatoms. The number of phenols is 1. The molecule has 100 valence electrons. The molecule has 1 aromatic rings. The summed E-state index contributed by atoms with van der Waals surface area (Å²) in [4.78, 5) is 11.2. The zero-order chi connectivity index (χ0) is 13.8. The number of carbonyl (C=O) groups excluding carboxylic acids is 1. The van der Waals surface area contributed by atoms with E-state index in [-0.39, 0.29) is 16.9 Å². The van der Waals surface area contributed by atoms with Crippen molar-refractivity contribution in [2.45, 2.75) is 12.2 Å². The Morgan fingerprint density at radius 3 is 2.95 bits per heavy atom. The van der Waals surface area contributed by atoms with Crippen molar-refractivity contribution in [3.05, 3.63) is 23.8 Å². The molecule has 1 unspecified atom stereocenters. The Morgan fingerprint density at radius 2 is 2.32 bits per heavy atom. The predicted octanol–water partition coefficient (Wildman–Crippen LogP) is 1.34. The monoisotopic (exact) mass is 279 g/mol. The quantitative estimate of drug-likeness (QED) is 0.646. The maximum absolute atomic E-state index is 11.2. The van der Waals surface area contributed by atoms with E-state index in [2.05, 4.69) is 15.5 Å². The molecule has 1 aliphatic rings. The normalized spacial score (nSPS) is 21.1. The summed E-state index contributed by atoms with van der Waals surface area (Å²) in [5, 5.41) is 20.3. The third-order valence-corrected chi connectivity index (χ3v) is 3.44. The summed E-state index contributed by atoms with van der Waals surface area (Å²) < 4.78 is 5.05. The molecule has 0 saturated carbocycles. The molecule has 1 aliphatic heterocycles. The molecule has 0 aromatic heterocycles. The Balaban J connectivity index is 2.11. The summed E-state index contributed by atoms with van der Waals surface area (Å²) in [5.41, 5.74) is 0.492. The number of phenolic OH excluding ortho intramolecular Hbond substituents is 1. The van der Waals surface area contributed by atoms with Gasteiger partial charge in [0, 0.05) is 5.56 Å². The second kappa shape index (κ2) is 5.75. The van der Waals surface area contributed by atoms with Gasteiger partial charge in [-0.15, -0.1) is 5.10 Å². The number of ether oxygens (including phenoxy) is 1. The topological polar surface area (TPSA) is 83.3 Å². The van der Waals surface area contributed by atoms with Crippen LogP contribution in [-0.2, 0) is 4.79 Å². The molecule has 1 atom stereocenters. The van der Waals surface area contributed by atoms with Gasteiger partial charge < -0.3 is 15.2 Å². The predicted molar refractivity (Wildman–Crippen MR) is 74.9 cm³/mol. The Hall–Kier alpha value is -2.02. The van der Waals surface area contributed by atoms with Gasteiger partial charge in [-0.25, -0.2) is 0 Å². The maximum atomic E-state index is 11.2. The number of nitrogens with zero attached hydrogens (tertiary/aromatic N) is 2. The lowest BCUT2D eigenvalue weighted by atomic mass is 10.2. The first-order valence-electron chi connectivity index (χ1n) is 5.55. The molecule has 1 heterocycles. The van der Waals surface area contributed by atoms with Crippen molar-refractivity contribution in [2.24, 2.45) is 10.2 Å². The van der Waals surface area contributed by atoms with Crippen LogP contribution in [0.5, 0.6) is 11.5 Å². The van der Waals surface area contributed by atoms with Gasteiger partial charge in [-0.2, -0.15) is 5.10 Å². The van der Waals surface area contributed by atoms with E-state index in [9.17, 15) is 9.90 Å². The van der Waals surface area contributed by atoms with Crippen molar-refractivity contribution in [3.8, 4) is 11.5 Å². The lowest BCUT2D eigenvalue weighted by molar-refractivity contribution is -0.118. The third-order valence-electron chi connectivity index (χ3n) is 2.47. The molecule has 0 bridgehead atoms. The van der Waals surface area contributed by atoms with Crippen molar-refractivity contribution in [1.82, 2.24) is 5.32 Å². The third kappa shape index (κ3) is 3.25. The number of nitrogens with one attached hydrogen (secondary N) is 1. The van der Waals surface area contributed by atoms with Crippen LogP contribution in [0.4, 0.5) is 0 Å². The SMILES string of the molecule is COc1ccc(O)c(/C=N/N=C2/NC(=O)C(C)S2)c1. The minimum atomic E-state index is -0.154. The van der Waals surface area contributed by atoms with Gasteiger partial charge in [0.25, 0.3) is 0 Å². The molecule has 2 N–H and O–H groups in total. The fourth-order valence-corrected chi connectivity index (χ4v) is 2.17. The number of rotatable bonds is 3. The molecule has 1 amide bonds. The highest BCUT2D eigenvalue weighted by molar-refractivity contribution is 8.15. The lowest BCUT2D eigenvalue weighted by Gasteiger charge is -2.02. The molecule has 1 aromatic carbocycles. The van der Waals surface area contributed by atoms with Crippen molar-refractivity contribution in [2.75, 3.05) is 7.11 Å². The summed E-state index contributed by atoms with van der Waals surface area (Å²) in [6.45, 7) is 1.79. The number of hydrogen-bond donors (Lipinski definition) is 2. The molecule has 0 radical (unpaired) electrons. The van der Waals surface area contributed by atoms with Gasteiger partial charge in [-0.05, 0) is 25.1 Å². The van der Waals surface area contributed by atoms with E-state index in [1.54, 1.807) is 26.2 Å². The standard InChI is InChI=1S/C12H13N3O3S/c1-7-11(17)14-12(19-7)15-13-6-8-5-9(18-2)3-4-10(8)16/h3-7,16H,1-2H3,(H,14,15,17)/b13-6+. The van der Waals surface area contributed by atoms with Gasteiger partial charge in [-0.1, -0.05) is 11.8 Å². The largest absolute Gasteiger partial charge is 0.507 e. The average molecular weight is 279 g/mol. The highest BCUT2D eigenvalue weighted by atomic mass is 32.2. The first-order chi connectivity index (χ1) is 9.10. The van der Waals surface area contributed by atoms with E-state index in [1.807, 2.05) is 0 Å². The number of amidine groups is 1. The summed E-state index contributed by atoms with van der Waals surface area (Å²) in [7, 11) is 1.54. The fourth-order valence-electron chi connectivity index (χ4n) is 1.41. The number of methoxy groups -OCH3 is 1. The van der Waals surface area contributed by atoms with Crippen LogP contribution >= 0.6 is 11.8 Å². The zero-order valence-corrected chi connectivity index (χ0v) is 11.3. The van der Waals surface area contributed by atoms with Gasteiger partial charge in [0.2, 0.25) is 5.91 Å². The van der Waals surface area contributed by atoms with Crippen molar-refractivity contribution < 1.29 is 14.6 Å². The van der Waals surface area contributed by atoms with Crippen LogP contribution in [0.25, 0.3) is 0 Å². The molecule has 0 aliphatic carbocycles. The summed E-state index contributed by atoms with van der Waals surface area (Å²) >= 11 is 1.31. The Kier molecular flexibility index (Phi) is 4.06. The molecule has 1 saturated heterocycles. The minimum Gasteiger partial charge on any atom is -0.507 e. The van der Waals surface area contributed by atoms with Crippen LogP contribution in [0.2, 0.25) is 0 Å². The van der Waals surface area contributed by atoms with Crippen LogP contribution in [0.15, 0.2) is 28.4 Å². The Labute approximate surface area is 114 Å². The van der Waals surface area contributed by atoms with Crippen LogP contribution < -0.4 is 10.1 Å². The second-order valence-corrected chi connectivity index (χ2v) is 5.15. The van der Waals surface area contributed by atoms with Gasteiger partial charge in [-0.3, -0.25) is 4.79 Å². The van der Waals surface area contributed by atoms with Gasteiger partial charge in [0.05, 0.1) is 18.6 Å². The molecule has 2 rings (SSSR count). The van der Waals surface area contributed by atoms with E-state index >= 15 is 0 Å². The van der Waals surface area contributed by atoms with Crippen molar-refractivity contribution in [1.29, 1.82) is 0 Å². The van der Waals surface area contributed by atoms with Gasteiger partial charge in [0.1, 0.15) is 11.5 Å². The van der Waals surface area contributed by atoms with E-state index < -0.39 is 0 Å². The number of aromatic hydroxyl groups is 1. The smallest absolute Gasteiger partial charge is 0.239 e. The zero-order valence-electron chi connectivity index (χ0n) is 10.5. The van der Waals surface area contributed by atoms with Crippen molar-refractivity contribution >= 4 is 29.1 Å². The Morgan fingerprint density at radius 1 is 1.53 bits per heavy atom. The highest BCUT2D eigenvalue weighted by Crippen LogP contribution is 2.21. The van der Waals surface area contributed by atoms with Gasteiger partial charge >= 0.3 is 0 Å². The minimum absolute atomic E-state index is 0.0804. The van der Waals surface area contributed by atoms with Crippen molar-refractivity contribution in [3.63, 3.8) is 0 Å². The van der Waals surface area contributed by atoms with Crippen LogP contribution in [-0.4, -0.2) is 34.8 Å². The van der Waals surface area contributed by atoms with Crippen LogP contribution in [0.3, 0.4) is 0 Å². The van der Waals surface area contributed by atoms with E-state index in [4.69, 9.17) is 4.74 Å². The second-order valence-electron chi connectivity index (χ2n) is 3.82. The number of carbonyl (C=O) groups is 1. The average Bonchev–Trinajstić information content (AvgIpc) is 2.71. The van der Waals surface area contributed by atoms with E-state index in [0.717, 1.165) is 0 Å². The maximum Gasteiger partial charge on any atom is 0.239 e. The van der Waals surface area contributed by atoms with E-state index in [1.165, 1.54) is 24.0 Å². The summed E-state index contributed by atoms with van der Waals surface area (Å²) in [6.07, 6.45) is 1.40. The lowest BCUT2D eigenvalue weighted by Crippen LogP contribution is -2.23. The fraction of sp³-hybridized carbons (Fsp3) is 0.250. The number of amides is 1. The number of benzene rings is 1. The molecule has 6 nitrogen and oxygen atoms in total.